The van der Waals surface area contributed by atoms with Crippen molar-refractivity contribution in [1.29, 1.82) is 0 Å². The highest BCUT2D eigenvalue weighted by molar-refractivity contribution is 7.80. The van der Waals surface area contributed by atoms with Crippen molar-refractivity contribution >= 4 is 23.1 Å². The standard InChI is InChI=1S/C16H15FN4OS/c17-14-6-2-1-4-12(14)11-21-8-7-15(20-21)19-16(23)18-10-13-5-3-9-22-13/h1-9H,10-11H2,(H2,18,19,20,23). The van der Waals surface area contributed by atoms with Crippen LogP contribution < -0.4 is 10.6 Å². The van der Waals surface area contributed by atoms with E-state index in [4.69, 9.17) is 16.6 Å². The summed E-state index contributed by atoms with van der Waals surface area (Å²) in [6.07, 6.45) is 3.38. The summed E-state index contributed by atoms with van der Waals surface area (Å²) in [5.41, 5.74) is 0.584. The highest BCUT2D eigenvalue weighted by Gasteiger charge is 2.05. The molecule has 1 aromatic carbocycles. The number of nitrogens with one attached hydrogen (secondary N) is 2. The van der Waals surface area contributed by atoms with Gasteiger partial charge < -0.3 is 15.1 Å². The molecule has 0 aliphatic carbocycles. The lowest BCUT2D eigenvalue weighted by molar-refractivity contribution is 0.503. The number of rotatable bonds is 5. The molecule has 5 nitrogen and oxygen atoms in total. The summed E-state index contributed by atoms with van der Waals surface area (Å²) in [7, 11) is 0. The minimum atomic E-state index is -0.242. The van der Waals surface area contributed by atoms with Crippen LogP contribution in [0.25, 0.3) is 0 Å². The molecule has 3 rings (SSSR count). The van der Waals surface area contributed by atoms with Gasteiger partial charge in [0.05, 0.1) is 19.4 Å². The largest absolute Gasteiger partial charge is 0.467 e. The third-order valence-electron chi connectivity index (χ3n) is 3.18. The molecule has 118 valence electrons. The average molecular weight is 330 g/mol. The monoisotopic (exact) mass is 330 g/mol. The Morgan fingerprint density at radius 3 is 2.87 bits per heavy atom. The van der Waals surface area contributed by atoms with Crippen molar-refractivity contribution in [3.05, 3.63) is 72.1 Å². The van der Waals surface area contributed by atoms with E-state index in [9.17, 15) is 4.39 Å². The fraction of sp³-hybridized carbons (Fsp3) is 0.125. The molecule has 7 heteroatoms. The third-order valence-corrected chi connectivity index (χ3v) is 3.42. The van der Waals surface area contributed by atoms with Crippen molar-refractivity contribution in [2.45, 2.75) is 13.1 Å². The van der Waals surface area contributed by atoms with Gasteiger partial charge in [-0.1, -0.05) is 18.2 Å². The Balaban J connectivity index is 1.54. The Morgan fingerprint density at radius 2 is 2.09 bits per heavy atom. The number of nitrogens with zero attached hydrogens (tertiary/aromatic N) is 2. The van der Waals surface area contributed by atoms with Crippen LogP contribution in [0.3, 0.4) is 0 Å². The molecule has 0 amide bonds. The van der Waals surface area contributed by atoms with Gasteiger partial charge in [0, 0.05) is 17.8 Å². The Kier molecular flexibility index (Phi) is 4.68. The highest BCUT2D eigenvalue weighted by Crippen LogP contribution is 2.10. The van der Waals surface area contributed by atoms with Crippen molar-refractivity contribution in [3.8, 4) is 0 Å². The molecule has 2 aromatic heterocycles. The van der Waals surface area contributed by atoms with Gasteiger partial charge in [-0.05, 0) is 30.4 Å². The number of anilines is 1. The number of aromatic nitrogens is 2. The van der Waals surface area contributed by atoms with Gasteiger partial charge in [-0.2, -0.15) is 5.10 Å². The summed E-state index contributed by atoms with van der Waals surface area (Å²) in [6.45, 7) is 0.857. The summed E-state index contributed by atoms with van der Waals surface area (Å²) >= 11 is 5.20. The maximum atomic E-state index is 13.6. The smallest absolute Gasteiger partial charge is 0.172 e. The van der Waals surface area contributed by atoms with E-state index in [2.05, 4.69) is 15.7 Å². The second-order valence-corrected chi connectivity index (χ2v) is 5.29. The second-order valence-electron chi connectivity index (χ2n) is 4.88. The molecular weight excluding hydrogens is 315 g/mol. The number of hydrogen-bond donors (Lipinski definition) is 2. The first kappa shape index (κ1) is 15.2. The summed E-state index contributed by atoms with van der Waals surface area (Å²) in [6, 6.07) is 12.1. The van der Waals surface area contributed by atoms with Crippen LogP contribution in [0.15, 0.2) is 59.3 Å². The molecule has 2 heterocycles. The van der Waals surface area contributed by atoms with Gasteiger partial charge in [0.15, 0.2) is 10.9 Å². The lowest BCUT2D eigenvalue weighted by atomic mass is 10.2. The Hall–Kier alpha value is -2.67. The molecule has 0 unspecified atom stereocenters. The third kappa shape index (κ3) is 4.17. The highest BCUT2D eigenvalue weighted by atomic mass is 32.1. The number of hydrogen-bond acceptors (Lipinski definition) is 3. The molecule has 0 aliphatic heterocycles. The maximum absolute atomic E-state index is 13.6. The summed E-state index contributed by atoms with van der Waals surface area (Å²) < 4.78 is 20.5. The quantitative estimate of drug-likeness (QED) is 0.704. The Labute approximate surface area is 138 Å². The Bertz CT molecular complexity index is 785. The van der Waals surface area contributed by atoms with Crippen LogP contribution >= 0.6 is 12.2 Å². The normalized spacial score (nSPS) is 10.5. The van der Waals surface area contributed by atoms with Crippen LogP contribution in [0.5, 0.6) is 0 Å². The van der Waals surface area contributed by atoms with Gasteiger partial charge in [-0.15, -0.1) is 0 Å². The van der Waals surface area contributed by atoms with Gasteiger partial charge in [0.25, 0.3) is 0 Å². The molecule has 0 saturated carbocycles. The molecule has 0 aliphatic rings. The van der Waals surface area contributed by atoms with Crippen molar-refractivity contribution in [2.24, 2.45) is 0 Å². The van der Waals surface area contributed by atoms with E-state index in [0.29, 0.717) is 29.6 Å². The molecule has 3 aromatic rings. The molecule has 2 N–H and O–H groups in total. The zero-order chi connectivity index (χ0) is 16.1. The Morgan fingerprint density at radius 1 is 1.22 bits per heavy atom. The number of halogens is 1. The van der Waals surface area contributed by atoms with E-state index in [1.807, 2.05) is 12.1 Å². The first-order valence-corrected chi connectivity index (χ1v) is 7.45. The molecule has 0 fully saturated rings. The van der Waals surface area contributed by atoms with Crippen molar-refractivity contribution in [1.82, 2.24) is 15.1 Å². The number of benzene rings is 1. The molecule has 23 heavy (non-hydrogen) atoms. The summed E-state index contributed by atoms with van der Waals surface area (Å²) in [5, 5.41) is 10.8. The topological polar surface area (TPSA) is 55.0 Å². The molecule has 0 bridgehead atoms. The van der Waals surface area contributed by atoms with E-state index < -0.39 is 0 Å². The predicted molar refractivity (Wildman–Crippen MR) is 89.5 cm³/mol. The first-order chi connectivity index (χ1) is 11.2. The van der Waals surface area contributed by atoms with Gasteiger partial charge in [-0.25, -0.2) is 4.39 Å². The van der Waals surface area contributed by atoms with Crippen LogP contribution in [0, 0.1) is 5.82 Å². The zero-order valence-corrected chi connectivity index (χ0v) is 13.0. The van der Waals surface area contributed by atoms with Gasteiger partial charge in [0.2, 0.25) is 0 Å². The summed E-state index contributed by atoms with van der Waals surface area (Å²) in [5.74, 6) is 1.14. The minimum Gasteiger partial charge on any atom is -0.467 e. The van der Waals surface area contributed by atoms with Crippen LogP contribution in [-0.2, 0) is 13.1 Å². The SMILES string of the molecule is Fc1ccccc1Cn1ccc(NC(=S)NCc2ccco2)n1. The maximum Gasteiger partial charge on any atom is 0.172 e. The van der Waals surface area contributed by atoms with Crippen LogP contribution in [0.2, 0.25) is 0 Å². The minimum absolute atomic E-state index is 0.242. The van der Waals surface area contributed by atoms with Crippen molar-refractivity contribution in [2.75, 3.05) is 5.32 Å². The van der Waals surface area contributed by atoms with Crippen LogP contribution in [0.1, 0.15) is 11.3 Å². The van der Waals surface area contributed by atoms with E-state index in [-0.39, 0.29) is 5.82 Å². The predicted octanol–water partition coefficient (Wildman–Crippen LogP) is 3.15. The average Bonchev–Trinajstić information content (AvgIpc) is 3.19. The lowest BCUT2D eigenvalue weighted by Gasteiger charge is -2.07. The van der Waals surface area contributed by atoms with Gasteiger partial charge >= 0.3 is 0 Å². The van der Waals surface area contributed by atoms with E-state index in [1.165, 1.54) is 6.07 Å². The fourth-order valence-electron chi connectivity index (χ4n) is 2.06. The molecule has 0 radical (unpaired) electrons. The van der Waals surface area contributed by atoms with Gasteiger partial charge in [-0.3, -0.25) is 4.68 Å². The van der Waals surface area contributed by atoms with Gasteiger partial charge in [0.1, 0.15) is 11.6 Å². The van der Waals surface area contributed by atoms with Crippen molar-refractivity contribution < 1.29 is 8.81 Å². The van der Waals surface area contributed by atoms with E-state index >= 15 is 0 Å². The van der Waals surface area contributed by atoms with Crippen LogP contribution in [0.4, 0.5) is 10.2 Å². The molecule has 0 atom stereocenters. The zero-order valence-electron chi connectivity index (χ0n) is 12.2. The first-order valence-electron chi connectivity index (χ1n) is 7.05. The second kappa shape index (κ2) is 7.06. The molecule has 0 saturated heterocycles. The number of furan rings is 1. The summed E-state index contributed by atoms with van der Waals surface area (Å²) in [4.78, 5) is 0. The molecule has 0 spiro atoms. The van der Waals surface area contributed by atoms with E-state index in [1.54, 1.807) is 41.4 Å². The van der Waals surface area contributed by atoms with Crippen molar-refractivity contribution in [3.63, 3.8) is 0 Å². The lowest BCUT2D eigenvalue weighted by Crippen LogP contribution is -2.28. The van der Waals surface area contributed by atoms with Crippen LogP contribution in [-0.4, -0.2) is 14.9 Å². The number of thiocarbonyl (C=S) groups is 1. The fourth-order valence-corrected chi connectivity index (χ4v) is 2.24. The van der Waals surface area contributed by atoms with E-state index in [0.717, 1.165) is 5.76 Å². The molecular formula is C16H15FN4OS.